The molecule has 1 N–H and O–H groups in total. The molecule has 0 saturated carbocycles. The molecule has 3 rings (SSSR count). The third-order valence-corrected chi connectivity index (χ3v) is 6.83. The molecule has 0 unspecified atom stereocenters. The molecule has 1 fully saturated rings. The Labute approximate surface area is 216 Å². The first-order valence-electron chi connectivity index (χ1n) is 12.2. The maximum absolute atomic E-state index is 13.2. The minimum Gasteiger partial charge on any atom is -0.507 e. The Morgan fingerprint density at radius 1 is 1.11 bits per heavy atom. The minimum atomic E-state index is -0.659. The lowest BCUT2D eigenvalue weighted by Gasteiger charge is -2.28. The summed E-state index contributed by atoms with van der Waals surface area (Å²) < 4.78 is 6.75. The SMILES string of the molecule is CCN(CC)CCN1C(=O)C(=O)/C(=C(/O)c2ccc(OCC(C)C)c(C)c2)[C@@H]1c1ccc(Br)cc1. The van der Waals surface area contributed by atoms with E-state index in [0.29, 0.717) is 31.2 Å². The van der Waals surface area contributed by atoms with Gasteiger partial charge in [0.25, 0.3) is 11.7 Å². The van der Waals surface area contributed by atoms with E-state index in [1.165, 1.54) is 0 Å². The molecule has 2 aromatic carbocycles. The summed E-state index contributed by atoms with van der Waals surface area (Å²) in [5, 5.41) is 11.3. The van der Waals surface area contributed by atoms with Crippen molar-refractivity contribution in [3.63, 3.8) is 0 Å². The van der Waals surface area contributed by atoms with Gasteiger partial charge < -0.3 is 19.6 Å². The highest BCUT2D eigenvalue weighted by atomic mass is 79.9. The lowest BCUT2D eigenvalue weighted by molar-refractivity contribution is -0.140. The molecule has 1 saturated heterocycles. The fourth-order valence-corrected chi connectivity index (χ4v) is 4.53. The van der Waals surface area contributed by atoms with E-state index in [2.05, 4.69) is 48.5 Å². The van der Waals surface area contributed by atoms with E-state index in [0.717, 1.165) is 34.4 Å². The zero-order valence-corrected chi connectivity index (χ0v) is 22.8. The summed E-state index contributed by atoms with van der Waals surface area (Å²) in [6.45, 7) is 13.5. The Kier molecular flexibility index (Phi) is 9.14. The first kappa shape index (κ1) is 27.0. The van der Waals surface area contributed by atoms with Crippen LogP contribution in [0.1, 0.15) is 50.4 Å². The van der Waals surface area contributed by atoms with Gasteiger partial charge in [0.2, 0.25) is 0 Å². The van der Waals surface area contributed by atoms with Crippen molar-refractivity contribution < 1.29 is 19.4 Å². The van der Waals surface area contributed by atoms with Crippen LogP contribution >= 0.6 is 15.9 Å². The summed E-state index contributed by atoms with van der Waals surface area (Å²) in [4.78, 5) is 30.2. The summed E-state index contributed by atoms with van der Waals surface area (Å²) in [6, 6.07) is 12.2. The number of nitrogens with zero attached hydrogens (tertiary/aromatic N) is 2. The van der Waals surface area contributed by atoms with Crippen LogP contribution in [0.2, 0.25) is 0 Å². The summed E-state index contributed by atoms with van der Waals surface area (Å²) in [5.74, 6) is -0.284. The Morgan fingerprint density at radius 2 is 1.77 bits per heavy atom. The van der Waals surface area contributed by atoms with E-state index in [1.807, 2.05) is 31.2 Å². The van der Waals surface area contributed by atoms with Crippen molar-refractivity contribution in [2.45, 2.75) is 40.7 Å². The topological polar surface area (TPSA) is 70.1 Å². The number of ketones is 1. The van der Waals surface area contributed by atoms with Gasteiger partial charge in [-0.3, -0.25) is 9.59 Å². The Bertz CT molecular complexity index is 1090. The fourth-order valence-electron chi connectivity index (χ4n) is 4.26. The van der Waals surface area contributed by atoms with E-state index in [9.17, 15) is 14.7 Å². The Hall–Kier alpha value is -2.64. The van der Waals surface area contributed by atoms with Crippen molar-refractivity contribution in [2.75, 3.05) is 32.8 Å². The van der Waals surface area contributed by atoms with Gasteiger partial charge in [0.15, 0.2) is 0 Å². The van der Waals surface area contributed by atoms with Crippen molar-refractivity contribution in [1.29, 1.82) is 0 Å². The van der Waals surface area contributed by atoms with Gasteiger partial charge in [-0.15, -0.1) is 0 Å². The predicted molar refractivity (Wildman–Crippen MR) is 142 cm³/mol. The highest BCUT2D eigenvalue weighted by Crippen LogP contribution is 2.40. The molecule has 1 aliphatic heterocycles. The second kappa shape index (κ2) is 11.9. The second-order valence-corrected chi connectivity index (χ2v) is 10.2. The fraction of sp³-hybridized carbons (Fsp3) is 0.429. The number of aryl methyl sites for hydroxylation is 1. The van der Waals surface area contributed by atoms with E-state index < -0.39 is 17.7 Å². The molecular weight excluding hydrogens is 508 g/mol. The first-order valence-corrected chi connectivity index (χ1v) is 13.0. The van der Waals surface area contributed by atoms with E-state index >= 15 is 0 Å². The van der Waals surface area contributed by atoms with Gasteiger partial charge in [0.1, 0.15) is 11.5 Å². The van der Waals surface area contributed by atoms with Gasteiger partial charge in [0, 0.05) is 23.1 Å². The molecule has 6 nitrogen and oxygen atoms in total. The van der Waals surface area contributed by atoms with Crippen LogP contribution in [0.5, 0.6) is 5.75 Å². The van der Waals surface area contributed by atoms with Crippen molar-refractivity contribution in [1.82, 2.24) is 9.80 Å². The number of likely N-dealkylation sites (tertiary alicyclic amines) is 1. The standard InChI is InChI=1S/C28H35BrN2O4/c1-6-30(7-2)14-15-31-25(20-8-11-22(29)12-9-20)24(27(33)28(31)34)26(32)21-10-13-23(19(5)16-21)35-17-18(3)4/h8-13,16,18,25,32H,6-7,14-15,17H2,1-5H3/b26-24+/t25-/m0/s1. The molecule has 1 amide bonds. The highest BCUT2D eigenvalue weighted by molar-refractivity contribution is 9.10. The average molecular weight is 544 g/mol. The zero-order chi connectivity index (χ0) is 25.7. The molecular formula is C28H35BrN2O4. The summed E-state index contributed by atoms with van der Waals surface area (Å²) in [5.41, 5.74) is 2.24. The Morgan fingerprint density at radius 3 is 2.34 bits per heavy atom. The normalized spacial score (nSPS) is 17.6. The van der Waals surface area contributed by atoms with Crippen molar-refractivity contribution in [3.05, 3.63) is 69.2 Å². The third-order valence-electron chi connectivity index (χ3n) is 6.30. The minimum absolute atomic E-state index is 0.118. The molecule has 7 heteroatoms. The van der Waals surface area contributed by atoms with Crippen LogP contribution in [0.4, 0.5) is 0 Å². The summed E-state index contributed by atoms with van der Waals surface area (Å²) >= 11 is 3.45. The van der Waals surface area contributed by atoms with Gasteiger partial charge in [-0.05, 0) is 67.4 Å². The molecule has 35 heavy (non-hydrogen) atoms. The number of rotatable bonds is 10. The second-order valence-electron chi connectivity index (χ2n) is 9.26. The van der Waals surface area contributed by atoms with Crippen LogP contribution in [-0.2, 0) is 9.59 Å². The molecule has 1 heterocycles. The van der Waals surface area contributed by atoms with Gasteiger partial charge in [-0.2, -0.15) is 0 Å². The quantitative estimate of drug-likeness (QED) is 0.242. The number of Topliss-reactive ketones (excluding diaryl/α,β-unsaturated/α-hetero) is 1. The van der Waals surface area contributed by atoms with Crippen LogP contribution < -0.4 is 4.74 Å². The third kappa shape index (κ3) is 6.14. The first-order chi connectivity index (χ1) is 16.7. The highest BCUT2D eigenvalue weighted by Gasteiger charge is 2.46. The molecule has 0 bridgehead atoms. The number of aliphatic hydroxyl groups is 1. The lowest BCUT2D eigenvalue weighted by Crippen LogP contribution is -2.38. The van der Waals surface area contributed by atoms with Crippen LogP contribution in [-0.4, -0.2) is 59.4 Å². The van der Waals surface area contributed by atoms with Gasteiger partial charge in [-0.25, -0.2) is 0 Å². The number of ether oxygens (including phenoxy) is 1. The van der Waals surface area contributed by atoms with E-state index in [4.69, 9.17) is 4.74 Å². The number of benzene rings is 2. The molecule has 1 aliphatic rings. The molecule has 0 radical (unpaired) electrons. The van der Waals surface area contributed by atoms with Crippen molar-refractivity contribution in [3.8, 4) is 5.75 Å². The molecule has 188 valence electrons. The lowest BCUT2D eigenvalue weighted by atomic mass is 9.95. The molecule has 2 aromatic rings. The number of carbonyl (C=O) groups excluding carboxylic acids is 2. The number of hydrogen-bond donors (Lipinski definition) is 1. The van der Waals surface area contributed by atoms with Crippen molar-refractivity contribution in [2.24, 2.45) is 5.92 Å². The van der Waals surface area contributed by atoms with E-state index in [-0.39, 0.29) is 11.3 Å². The number of amides is 1. The monoisotopic (exact) mass is 542 g/mol. The Balaban J connectivity index is 2.04. The average Bonchev–Trinajstić information content (AvgIpc) is 3.08. The largest absolute Gasteiger partial charge is 0.507 e. The summed E-state index contributed by atoms with van der Waals surface area (Å²) in [7, 11) is 0. The predicted octanol–water partition coefficient (Wildman–Crippen LogP) is 5.56. The van der Waals surface area contributed by atoms with Crippen LogP contribution in [0.15, 0.2) is 52.5 Å². The van der Waals surface area contributed by atoms with Crippen LogP contribution in [0, 0.1) is 12.8 Å². The number of hydrogen-bond acceptors (Lipinski definition) is 5. The number of carbonyl (C=O) groups is 2. The number of aliphatic hydroxyl groups excluding tert-OH is 1. The molecule has 0 aromatic heterocycles. The van der Waals surface area contributed by atoms with Crippen molar-refractivity contribution >= 4 is 33.4 Å². The number of likely N-dealkylation sites (N-methyl/N-ethyl adjacent to an activating group) is 1. The zero-order valence-electron chi connectivity index (χ0n) is 21.2. The number of halogens is 1. The van der Waals surface area contributed by atoms with E-state index in [1.54, 1.807) is 23.1 Å². The van der Waals surface area contributed by atoms with Gasteiger partial charge in [0.05, 0.1) is 18.2 Å². The molecule has 0 aliphatic carbocycles. The maximum Gasteiger partial charge on any atom is 0.295 e. The smallest absolute Gasteiger partial charge is 0.295 e. The van der Waals surface area contributed by atoms with Gasteiger partial charge >= 0.3 is 0 Å². The molecule has 0 spiro atoms. The van der Waals surface area contributed by atoms with Crippen LogP contribution in [0.25, 0.3) is 5.76 Å². The molecule has 1 atom stereocenters. The maximum atomic E-state index is 13.2. The summed E-state index contributed by atoms with van der Waals surface area (Å²) in [6.07, 6.45) is 0. The van der Waals surface area contributed by atoms with Gasteiger partial charge in [-0.1, -0.05) is 55.8 Å². The van der Waals surface area contributed by atoms with Crippen LogP contribution in [0.3, 0.4) is 0 Å².